The number of carbonyl (C=O) groups is 2. The van der Waals surface area contributed by atoms with Crippen LogP contribution in [0.25, 0.3) is 0 Å². The Bertz CT molecular complexity index is 238. The Hall–Kier alpha value is -1.10. The van der Waals surface area contributed by atoms with Gasteiger partial charge < -0.3 is 15.1 Å². The Morgan fingerprint density at radius 2 is 1.94 bits per heavy atom. The summed E-state index contributed by atoms with van der Waals surface area (Å²) < 4.78 is 0. The van der Waals surface area contributed by atoms with Crippen LogP contribution >= 0.6 is 0 Å². The first-order chi connectivity index (χ1) is 8.27. The summed E-state index contributed by atoms with van der Waals surface area (Å²) in [5, 5.41) is 3.17. The Morgan fingerprint density at radius 3 is 2.53 bits per heavy atom. The molecule has 0 saturated carbocycles. The molecule has 1 aliphatic heterocycles. The summed E-state index contributed by atoms with van der Waals surface area (Å²) >= 11 is 0. The lowest BCUT2D eigenvalue weighted by Gasteiger charge is -2.32. The van der Waals surface area contributed by atoms with Crippen molar-refractivity contribution in [2.75, 3.05) is 39.3 Å². The first-order valence-electron chi connectivity index (χ1n) is 6.45. The number of nitrogens with zero attached hydrogens (tertiary/aromatic N) is 2. The standard InChI is InChI=1S/C12H23N3O2/c1-2-3-4-5-13-10-12(17)15-8-6-14(11-16)7-9-15/h11,13H,2-10H2,1H3. The molecule has 1 fully saturated rings. The van der Waals surface area contributed by atoms with Crippen molar-refractivity contribution in [3.05, 3.63) is 0 Å². The molecule has 98 valence electrons. The quantitative estimate of drug-likeness (QED) is 0.507. The molecule has 0 unspecified atom stereocenters. The summed E-state index contributed by atoms with van der Waals surface area (Å²) in [4.78, 5) is 25.8. The highest BCUT2D eigenvalue weighted by molar-refractivity contribution is 5.78. The number of carbonyl (C=O) groups excluding carboxylic acids is 2. The van der Waals surface area contributed by atoms with Crippen LogP contribution in [0.15, 0.2) is 0 Å². The fourth-order valence-electron chi connectivity index (χ4n) is 1.88. The second-order valence-electron chi connectivity index (χ2n) is 4.41. The highest BCUT2D eigenvalue weighted by Gasteiger charge is 2.19. The molecule has 1 saturated heterocycles. The van der Waals surface area contributed by atoms with Crippen molar-refractivity contribution in [3.8, 4) is 0 Å². The number of amides is 2. The normalized spacial score (nSPS) is 16.1. The molecular weight excluding hydrogens is 218 g/mol. The van der Waals surface area contributed by atoms with E-state index in [2.05, 4.69) is 12.2 Å². The minimum Gasteiger partial charge on any atom is -0.342 e. The van der Waals surface area contributed by atoms with Gasteiger partial charge in [-0.1, -0.05) is 19.8 Å². The van der Waals surface area contributed by atoms with Crippen LogP contribution in [-0.2, 0) is 9.59 Å². The summed E-state index contributed by atoms with van der Waals surface area (Å²) in [6.07, 6.45) is 4.38. The average Bonchev–Trinajstić information content (AvgIpc) is 2.38. The summed E-state index contributed by atoms with van der Waals surface area (Å²) in [5.41, 5.74) is 0. The largest absolute Gasteiger partial charge is 0.342 e. The lowest BCUT2D eigenvalue weighted by Crippen LogP contribution is -2.50. The predicted octanol–water partition coefficient (Wildman–Crippen LogP) is 0.0668. The Morgan fingerprint density at radius 1 is 1.24 bits per heavy atom. The highest BCUT2D eigenvalue weighted by Crippen LogP contribution is 1.99. The van der Waals surface area contributed by atoms with Gasteiger partial charge in [0.05, 0.1) is 6.54 Å². The van der Waals surface area contributed by atoms with E-state index in [9.17, 15) is 9.59 Å². The minimum atomic E-state index is 0.145. The first kappa shape index (κ1) is 14.0. The monoisotopic (exact) mass is 241 g/mol. The third-order valence-corrected chi connectivity index (χ3v) is 3.05. The van der Waals surface area contributed by atoms with E-state index in [1.165, 1.54) is 12.8 Å². The Kier molecular flexibility index (Phi) is 6.62. The van der Waals surface area contributed by atoms with Crippen LogP contribution < -0.4 is 5.32 Å². The molecule has 1 aliphatic rings. The van der Waals surface area contributed by atoms with Crippen LogP contribution in [0, 0.1) is 0 Å². The fourth-order valence-corrected chi connectivity index (χ4v) is 1.88. The van der Waals surface area contributed by atoms with E-state index < -0.39 is 0 Å². The van der Waals surface area contributed by atoms with E-state index >= 15 is 0 Å². The van der Waals surface area contributed by atoms with Gasteiger partial charge in [0.25, 0.3) is 0 Å². The van der Waals surface area contributed by atoms with Crippen molar-refractivity contribution in [1.29, 1.82) is 0 Å². The van der Waals surface area contributed by atoms with E-state index in [-0.39, 0.29) is 5.91 Å². The molecule has 17 heavy (non-hydrogen) atoms. The van der Waals surface area contributed by atoms with E-state index in [1.54, 1.807) is 4.90 Å². The number of rotatable bonds is 7. The molecule has 0 spiro atoms. The summed E-state index contributed by atoms with van der Waals surface area (Å²) in [6.45, 7) is 6.13. The smallest absolute Gasteiger partial charge is 0.236 e. The number of nitrogens with one attached hydrogen (secondary N) is 1. The molecule has 0 radical (unpaired) electrons. The van der Waals surface area contributed by atoms with Gasteiger partial charge in [-0.3, -0.25) is 9.59 Å². The molecule has 0 aromatic carbocycles. The molecular formula is C12H23N3O2. The predicted molar refractivity (Wildman–Crippen MR) is 66.6 cm³/mol. The van der Waals surface area contributed by atoms with Crippen LogP contribution in [0.4, 0.5) is 0 Å². The van der Waals surface area contributed by atoms with Crippen molar-refractivity contribution in [1.82, 2.24) is 15.1 Å². The maximum Gasteiger partial charge on any atom is 0.236 e. The molecule has 0 bridgehead atoms. The zero-order valence-electron chi connectivity index (χ0n) is 10.7. The molecule has 0 aromatic rings. The fraction of sp³-hybridized carbons (Fsp3) is 0.833. The molecule has 1 heterocycles. The first-order valence-corrected chi connectivity index (χ1v) is 6.45. The van der Waals surface area contributed by atoms with E-state index in [0.29, 0.717) is 32.7 Å². The number of unbranched alkanes of at least 4 members (excludes halogenated alkanes) is 2. The zero-order chi connectivity index (χ0) is 12.5. The van der Waals surface area contributed by atoms with Gasteiger partial charge in [0.1, 0.15) is 0 Å². The van der Waals surface area contributed by atoms with Gasteiger partial charge in [0.15, 0.2) is 0 Å². The lowest BCUT2D eigenvalue weighted by molar-refractivity contribution is -0.134. The topological polar surface area (TPSA) is 52.7 Å². The van der Waals surface area contributed by atoms with Gasteiger partial charge in [-0.2, -0.15) is 0 Å². The van der Waals surface area contributed by atoms with Crippen molar-refractivity contribution in [2.45, 2.75) is 26.2 Å². The van der Waals surface area contributed by atoms with Crippen LogP contribution in [0.2, 0.25) is 0 Å². The summed E-state index contributed by atoms with van der Waals surface area (Å²) in [6, 6.07) is 0. The van der Waals surface area contributed by atoms with Crippen LogP contribution in [0.3, 0.4) is 0 Å². The maximum atomic E-state index is 11.8. The van der Waals surface area contributed by atoms with Gasteiger partial charge in [-0.25, -0.2) is 0 Å². The number of piperazine rings is 1. The van der Waals surface area contributed by atoms with Gasteiger partial charge >= 0.3 is 0 Å². The van der Waals surface area contributed by atoms with E-state index in [4.69, 9.17) is 0 Å². The number of hydrogen-bond acceptors (Lipinski definition) is 3. The van der Waals surface area contributed by atoms with Crippen LogP contribution in [0.5, 0.6) is 0 Å². The molecule has 2 amide bonds. The van der Waals surface area contributed by atoms with Crippen LogP contribution in [-0.4, -0.2) is 61.4 Å². The van der Waals surface area contributed by atoms with Crippen LogP contribution in [0.1, 0.15) is 26.2 Å². The van der Waals surface area contributed by atoms with Gasteiger partial charge in [-0.05, 0) is 13.0 Å². The van der Waals surface area contributed by atoms with Crippen molar-refractivity contribution >= 4 is 12.3 Å². The Balaban J connectivity index is 2.10. The van der Waals surface area contributed by atoms with Gasteiger partial charge in [0, 0.05) is 26.2 Å². The minimum absolute atomic E-state index is 0.145. The van der Waals surface area contributed by atoms with Crippen molar-refractivity contribution in [3.63, 3.8) is 0 Å². The lowest BCUT2D eigenvalue weighted by atomic mass is 10.2. The molecule has 5 heteroatoms. The summed E-state index contributed by atoms with van der Waals surface area (Å²) in [7, 11) is 0. The molecule has 1 N–H and O–H groups in total. The third-order valence-electron chi connectivity index (χ3n) is 3.05. The third kappa shape index (κ3) is 5.17. The van der Waals surface area contributed by atoms with E-state index in [1.807, 2.05) is 4.90 Å². The second-order valence-corrected chi connectivity index (χ2v) is 4.41. The molecule has 5 nitrogen and oxygen atoms in total. The van der Waals surface area contributed by atoms with E-state index in [0.717, 1.165) is 19.4 Å². The van der Waals surface area contributed by atoms with Crippen molar-refractivity contribution in [2.24, 2.45) is 0 Å². The van der Waals surface area contributed by atoms with Gasteiger partial charge in [0.2, 0.25) is 12.3 Å². The second kappa shape index (κ2) is 8.06. The van der Waals surface area contributed by atoms with Gasteiger partial charge in [-0.15, -0.1) is 0 Å². The maximum absolute atomic E-state index is 11.8. The molecule has 0 aliphatic carbocycles. The van der Waals surface area contributed by atoms with Crippen molar-refractivity contribution < 1.29 is 9.59 Å². The Labute approximate surface area is 103 Å². The SMILES string of the molecule is CCCCCNCC(=O)N1CCN(C=O)CC1. The summed E-state index contributed by atoms with van der Waals surface area (Å²) in [5.74, 6) is 0.145. The molecule has 0 aromatic heterocycles. The zero-order valence-corrected chi connectivity index (χ0v) is 10.7. The number of hydrogen-bond donors (Lipinski definition) is 1. The molecule has 0 atom stereocenters. The molecule has 1 rings (SSSR count). The highest BCUT2D eigenvalue weighted by atomic mass is 16.2. The average molecular weight is 241 g/mol.